The van der Waals surface area contributed by atoms with E-state index in [0.29, 0.717) is 10.7 Å². The second-order valence-corrected chi connectivity index (χ2v) is 5.07. The maximum absolute atomic E-state index is 11.3. The molecule has 0 amide bonds. The number of methoxy groups -OCH3 is 1. The largest absolute Gasteiger partial charge is 0.497 e. The lowest BCUT2D eigenvalue weighted by atomic mass is 10.1. The van der Waals surface area contributed by atoms with Crippen LogP contribution in [0.1, 0.15) is 28.9 Å². The molecule has 0 aromatic heterocycles. The zero-order chi connectivity index (χ0) is 15.4. The molecule has 2 aromatic rings. The molecule has 0 saturated carbocycles. The van der Waals surface area contributed by atoms with Gasteiger partial charge >= 0.3 is 5.97 Å². The quantitative estimate of drug-likeness (QED) is 0.868. The van der Waals surface area contributed by atoms with Crippen LogP contribution in [0, 0.1) is 0 Å². The normalized spacial score (nSPS) is 11.8. The van der Waals surface area contributed by atoms with Crippen molar-refractivity contribution in [2.24, 2.45) is 0 Å². The van der Waals surface area contributed by atoms with Crippen molar-refractivity contribution in [1.82, 2.24) is 0 Å². The van der Waals surface area contributed by atoms with Crippen LogP contribution in [0.25, 0.3) is 0 Å². The number of carboxylic acid groups (broad SMARTS) is 1. The molecule has 0 aliphatic rings. The van der Waals surface area contributed by atoms with Crippen molar-refractivity contribution < 1.29 is 14.6 Å². The van der Waals surface area contributed by atoms with Crippen LogP contribution in [-0.2, 0) is 0 Å². The first-order valence-corrected chi connectivity index (χ1v) is 6.82. The van der Waals surface area contributed by atoms with Crippen LogP contribution < -0.4 is 10.1 Å². The summed E-state index contributed by atoms with van der Waals surface area (Å²) >= 11 is 5.84. The van der Waals surface area contributed by atoms with Crippen LogP contribution in [-0.4, -0.2) is 18.2 Å². The predicted molar refractivity (Wildman–Crippen MR) is 83.4 cm³/mol. The molecule has 1 unspecified atom stereocenters. The van der Waals surface area contributed by atoms with Gasteiger partial charge in [0.1, 0.15) is 5.75 Å². The number of ether oxygens (including phenoxy) is 1. The van der Waals surface area contributed by atoms with Crippen LogP contribution in [0.3, 0.4) is 0 Å². The van der Waals surface area contributed by atoms with Crippen molar-refractivity contribution in [2.75, 3.05) is 12.4 Å². The number of benzene rings is 2. The van der Waals surface area contributed by atoms with Gasteiger partial charge in [0.15, 0.2) is 0 Å². The molecule has 0 radical (unpaired) electrons. The van der Waals surface area contributed by atoms with Gasteiger partial charge in [-0.05, 0) is 42.8 Å². The summed E-state index contributed by atoms with van der Waals surface area (Å²) in [6, 6.07) is 12.3. The third-order valence-corrected chi connectivity index (χ3v) is 3.43. The second kappa shape index (κ2) is 6.50. The molecular formula is C16H16ClNO3. The highest BCUT2D eigenvalue weighted by atomic mass is 35.5. The summed E-state index contributed by atoms with van der Waals surface area (Å²) in [7, 11) is 1.61. The fraction of sp³-hybridized carbons (Fsp3) is 0.188. The summed E-state index contributed by atoms with van der Waals surface area (Å²) in [5.41, 5.74) is 1.72. The number of carbonyl (C=O) groups is 1. The van der Waals surface area contributed by atoms with Crippen molar-refractivity contribution in [3.63, 3.8) is 0 Å². The molecule has 1 atom stereocenters. The van der Waals surface area contributed by atoms with Crippen LogP contribution in [0.2, 0.25) is 5.02 Å². The van der Waals surface area contributed by atoms with E-state index in [1.54, 1.807) is 19.2 Å². The summed E-state index contributed by atoms with van der Waals surface area (Å²) in [6.07, 6.45) is 0. The minimum Gasteiger partial charge on any atom is -0.497 e. The van der Waals surface area contributed by atoms with Gasteiger partial charge in [-0.15, -0.1) is 0 Å². The zero-order valence-electron chi connectivity index (χ0n) is 11.8. The first kappa shape index (κ1) is 15.2. The molecule has 0 aliphatic heterocycles. The molecule has 2 aromatic carbocycles. The Morgan fingerprint density at radius 3 is 2.48 bits per heavy atom. The fourth-order valence-electron chi connectivity index (χ4n) is 2.03. The highest BCUT2D eigenvalue weighted by molar-refractivity contribution is 6.31. The molecule has 21 heavy (non-hydrogen) atoms. The second-order valence-electron chi connectivity index (χ2n) is 4.63. The number of carboxylic acids is 1. The van der Waals surface area contributed by atoms with E-state index in [-0.39, 0.29) is 11.6 Å². The number of aromatic carboxylic acids is 1. The molecule has 0 saturated heterocycles. The average molecular weight is 306 g/mol. The van der Waals surface area contributed by atoms with Crippen molar-refractivity contribution in [1.29, 1.82) is 0 Å². The highest BCUT2D eigenvalue weighted by Gasteiger charge is 2.13. The van der Waals surface area contributed by atoms with Gasteiger partial charge in [-0.3, -0.25) is 0 Å². The molecule has 2 N–H and O–H groups in total. The SMILES string of the molecule is COc1ccc(C(C)Nc2ccc(Cl)cc2C(=O)O)cc1. The molecule has 0 aliphatic carbocycles. The Labute approximate surface area is 128 Å². The number of hydrogen-bond acceptors (Lipinski definition) is 3. The maximum Gasteiger partial charge on any atom is 0.337 e. The number of rotatable bonds is 5. The predicted octanol–water partition coefficient (Wildman–Crippen LogP) is 4.22. The smallest absolute Gasteiger partial charge is 0.337 e. The topological polar surface area (TPSA) is 58.6 Å². The molecule has 4 nitrogen and oxygen atoms in total. The van der Waals surface area contributed by atoms with Crippen LogP contribution in [0.4, 0.5) is 5.69 Å². The lowest BCUT2D eigenvalue weighted by molar-refractivity contribution is 0.0698. The molecule has 5 heteroatoms. The Balaban J connectivity index is 2.22. The molecule has 110 valence electrons. The molecule has 0 heterocycles. The van der Waals surface area contributed by atoms with Crippen molar-refractivity contribution >= 4 is 23.3 Å². The van der Waals surface area contributed by atoms with Crippen LogP contribution in [0.15, 0.2) is 42.5 Å². The maximum atomic E-state index is 11.3. The van der Waals surface area contributed by atoms with Crippen molar-refractivity contribution in [3.05, 3.63) is 58.6 Å². The summed E-state index contributed by atoms with van der Waals surface area (Å²) in [4.78, 5) is 11.3. The molecular weight excluding hydrogens is 290 g/mol. The first-order chi connectivity index (χ1) is 10.0. The van der Waals surface area contributed by atoms with Gasteiger partial charge < -0.3 is 15.2 Å². The van der Waals surface area contributed by atoms with E-state index in [9.17, 15) is 9.90 Å². The molecule has 2 rings (SSSR count). The van der Waals surface area contributed by atoms with Crippen molar-refractivity contribution in [3.8, 4) is 5.75 Å². The van der Waals surface area contributed by atoms with E-state index in [0.717, 1.165) is 11.3 Å². The number of halogens is 1. The Morgan fingerprint density at radius 2 is 1.90 bits per heavy atom. The van der Waals surface area contributed by atoms with E-state index in [2.05, 4.69) is 5.32 Å². The minimum absolute atomic E-state index is 0.0461. The van der Waals surface area contributed by atoms with E-state index >= 15 is 0 Å². The Hall–Kier alpha value is -2.20. The standard InChI is InChI=1S/C16H16ClNO3/c1-10(11-3-6-13(21-2)7-4-11)18-15-8-5-12(17)9-14(15)16(19)20/h3-10,18H,1-2H3,(H,19,20). The minimum atomic E-state index is -1.01. The monoisotopic (exact) mass is 305 g/mol. The Bertz CT molecular complexity index is 640. The third kappa shape index (κ3) is 3.67. The van der Waals surface area contributed by atoms with Crippen molar-refractivity contribution in [2.45, 2.75) is 13.0 Å². The number of anilines is 1. The zero-order valence-corrected chi connectivity index (χ0v) is 12.5. The number of nitrogens with one attached hydrogen (secondary N) is 1. The highest BCUT2D eigenvalue weighted by Crippen LogP contribution is 2.26. The lowest BCUT2D eigenvalue weighted by Crippen LogP contribution is -2.10. The van der Waals surface area contributed by atoms with Gasteiger partial charge in [-0.25, -0.2) is 4.79 Å². The Morgan fingerprint density at radius 1 is 1.24 bits per heavy atom. The van der Waals surface area contributed by atoms with E-state index in [1.165, 1.54) is 6.07 Å². The Kier molecular flexibility index (Phi) is 4.70. The van der Waals surface area contributed by atoms with E-state index in [1.807, 2.05) is 31.2 Å². The van der Waals surface area contributed by atoms with E-state index in [4.69, 9.17) is 16.3 Å². The molecule has 0 bridgehead atoms. The summed E-state index contributed by atoms with van der Waals surface area (Å²) in [6.45, 7) is 1.96. The van der Waals surface area contributed by atoms with Crippen LogP contribution >= 0.6 is 11.6 Å². The van der Waals surface area contributed by atoms with Gasteiger partial charge in [0, 0.05) is 16.8 Å². The number of hydrogen-bond donors (Lipinski definition) is 2. The van der Waals surface area contributed by atoms with Gasteiger partial charge in [-0.1, -0.05) is 23.7 Å². The third-order valence-electron chi connectivity index (χ3n) is 3.20. The van der Waals surface area contributed by atoms with E-state index < -0.39 is 5.97 Å². The summed E-state index contributed by atoms with van der Waals surface area (Å²) in [5.74, 6) is -0.231. The average Bonchev–Trinajstić information content (AvgIpc) is 2.49. The lowest BCUT2D eigenvalue weighted by Gasteiger charge is -2.18. The van der Waals surface area contributed by atoms with Gasteiger partial charge in [0.2, 0.25) is 0 Å². The van der Waals surface area contributed by atoms with Gasteiger partial charge in [0.05, 0.1) is 12.7 Å². The summed E-state index contributed by atoms with van der Waals surface area (Å²) in [5, 5.41) is 12.8. The molecule has 0 fully saturated rings. The van der Waals surface area contributed by atoms with Crippen LogP contribution in [0.5, 0.6) is 5.75 Å². The fourth-order valence-corrected chi connectivity index (χ4v) is 2.20. The first-order valence-electron chi connectivity index (χ1n) is 6.44. The summed E-state index contributed by atoms with van der Waals surface area (Å²) < 4.78 is 5.12. The van der Waals surface area contributed by atoms with Gasteiger partial charge in [0.25, 0.3) is 0 Å². The molecule has 0 spiro atoms. The van der Waals surface area contributed by atoms with Gasteiger partial charge in [-0.2, -0.15) is 0 Å².